The number of amides is 2. The largest absolute Gasteiger partial charge is 0.494 e. The quantitative estimate of drug-likeness (QED) is 0.275. The Bertz CT molecular complexity index is 1950. The Morgan fingerprint density at radius 1 is 1.18 bits per heavy atom. The molecule has 5 rings (SSSR count). The van der Waals surface area contributed by atoms with E-state index in [-0.39, 0.29) is 47.2 Å². The van der Waals surface area contributed by atoms with E-state index in [9.17, 15) is 31.5 Å². The molecule has 1 aromatic carbocycles. The van der Waals surface area contributed by atoms with Gasteiger partial charge in [-0.15, -0.1) is 15.7 Å². The monoisotopic (exact) mass is 594 g/mol. The van der Waals surface area contributed by atoms with E-state index in [2.05, 4.69) is 20.0 Å². The zero-order valence-electron chi connectivity index (χ0n) is 19.0. The molecule has 0 saturated heterocycles. The van der Waals surface area contributed by atoms with E-state index < -0.39 is 37.5 Å². The summed E-state index contributed by atoms with van der Waals surface area (Å²) in [7, 11) is -8.16. The minimum Gasteiger partial charge on any atom is -0.494 e. The molecule has 17 heteroatoms. The van der Waals surface area contributed by atoms with Crippen LogP contribution in [-0.4, -0.2) is 43.4 Å². The Hall–Kier alpha value is -3.99. The van der Waals surface area contributed by atoms with Crippen LogP contribution in [0.2, 0.25) is 4.34 Å². The average molecular weight is 595 g/mol. The summed E-state index contributed by atoms with van der Waals surface area (Å²) in [6, 6.07) is 8.01. The number of pyridine rings is 2. The lowest BCUT2D eigenvalue weighted by atomic mass is 10.1. The smallest absolute Gasteiger partial charge is 0.333 e. The molecule has 4 N–H and O–H groups in total. The summed E-state index contributed by atoms with van der Waals surface area (Å²) in [4.78, 5) is 28.9. The van der Waals surface area contributed by atoms with Crippen LogP contribution in [0.5, 0.6) is 5.88 Å². The molecule has 0 bridgehead atoms. The van der Waals surface area contributed by atoms with Gasteiger partial charge in [-0.25, -0.2) is 27.5 Å². The third kappa shape index (κ3) is 4.69. The molecule has 3 aromatic heterocycles. The van der Waals surface area contributed by atoms with Crippen LogP contribution in [-0.2, 0) is 20.0 Å². The lowest BCUT2D eigenvalue weighted by Crippen LogP contribution is -2.34. The van der Waals surface area contributed by atoms with Crippen LogP contribution in [0.25, 0.3) is 16.6 Å². The number of fused-ring (bicyclic) bond motifs is 2. The van der Waals surface area contributed by atoms with Gasteiger partial charge in [0.25, 0.3) is 25.6 Å². The second kappa shape index (κ2) is 9.09. The molecule has 196 valence electrons. The van der Waals surface area contributed by atoms with Crippen LogP contribution in [0.3, 0.4) is 0 Å². The number of anilines is 2. The highest BCUT2D eigenvalue weighted by atomic mass is 35.5. The van der Waals surface area contributed by atoms with Crippen molar-refractivity contribution in [2.75, 3.05) is 10.6 Å². The highest BCUT2D eigenvalue weighted by Crippen LogP contribution is 2.35. The molecule has 4 aromatic rings. The number of carbonyl (C=O) groups is 1. The van der Waals surface area contributed by atoms with Gasteiger partial charge in [-0.3, -0.25) is 4.79 Å². The Morgan fingerprint density at radius 3 is 2.61 bits per heavy atom. The zero-order chi connectivity index (χ0) is 27.4. The van der Waals surface area contributed by atoms with Crippen molar-refractivity contribution < 1.29 is 26.7 Å². The summed E-state index contributed by atoms with van der Waals surface area (Å²) >= 11 is 6.52. The fourth-order valence-corrected chi connectivity index (χ4v) is 7.22. The summed E-state index contributed by atoms with van der Waals surface area (Å²) < 4.78 is 55.9. The number of hydrogen-bond donors (Lipinski definition) is 4. The molecule has 2 amide bonds. The first-order valence-electron chi connectivity index (χ1n) is 10.4. The number of nitrogens with zero attached hydrogens (tertiary/aromatic N) is 3. The van der Waals surface area contributed by atoms with E-state index >= 15 is 0 Å². The Morgan fingerprint density at radius 2 is 1.95 bits per heavy atom. The van der Waals surface area contributed by atoms with Gasteiger partial charge in [-0.1, -0.05) is 11.6 Å². The number of aromatic nitrogens is 2. The van der Waals surface area contributed by atoms with Gasteiger partial charge >= 0.3 is 6.03 Å². The first kappa shape index (κ1) is 25.7. The van der Waals surface area contributed by atoms with E-state index in [1.807, 2.05) is 4.72 Å². The van der Waals surface area contributed by atoms with Crippen LogP contribution in [0, 0.1) is 0 Å². The van der Waals surface area contributed by atoms with E-state index in [1.165, 1.54) is 49.4 Å². The number of sulfonamides is 2. The zero-order valence-corrected chi connectivity index (χ0v) is 22.2. The summed E-state index contributed by atoms with van der Waals surface area (Å²) in [5.41, 5.74) is -0.360. The fourth-order valence-electron chi connectivity index (χ4n) is 3.68. The van der Waals surface area contributed by atoms with Gasteiger partial charge in [0.15, 0.2) is 0 Å². The van der Waals surface area contributed by atoms with Gasteiger partial charge in [0.05, 0.1) is 21.9 Å². The lowest BCUT2D eigenvalue weighted by Gasteiger charge is -2.18. The summed E-state index contributed by atoms with van der Waals surface area (Å²) in [5, 5.41) is 16.3. The van der Waals surface area contributed by atoms with E-state index in [0.717, 1.165) is 22.1 Å². The van der Waals surface area contributed by atoms with Crippen molar-refractivity contribution in [3.63, 3.8) is 0 Å². The average Bonchev–Trinajstić information content (AvgIpc) is 3.26. The Kier molecular flexibility index (Phi) is 6.13. The van der Waals surface area contributed by atoms with Crippen molar-refractivity contribution in [2.45, 2.75) is 16.0 Å². The molecule has 0 aliphatic carbocycles. The molecule has 0 fully saturated rings. The summed E-state index contributed by atoms with van der Waals surface area (Å²) in [5.74, 6) is -0.452. The molecule has 38 heavy (non-hydrogen) atoms. The maximum absolute atomic E-state index is 12.8. The van der Waals surface area contributed by atoms with Crippen molar-refractivity contribution in [1.82, 2.24) is 14.3 Å². The molecule has 13 nitrogen and oxygen atoms in total. The number of urea groups is 1. The van der Waals surface area contributed by atoms with Gasteiger partial charge in [-0.05, 0) is 48.7 Å². The standard InChI is InChI=1S/C21H15ClN6O7S3/c1-10-24-14-6-11-7-18(29)28(20(30)13(11)8-15(14)37(32,33)26-10)17-4-2-12(9-23-17)25-21(31)27-38(34,35)19-5-3-16(22)36-19/h2-9,30H,1H3,(H,24,26)(H2,25,27,31). The molecule has 0 radical (unpaired) electrons. The van der Waals surface area contributed by atoms with Crippen molar-refractivity contribution in [3.8, 4) is 11.7 Å². The number of carbonyl (C=O) groups excluding carboxylic acids is 1. The SMILES string of the molecule is CC1=NS(=O)(=O)c2cc3c(O)n(-c4ccc(NC(=O)NS(=O)(=O)c5ccc(Cl)s5)cn4)c(=O)cc3cc2N1. The van der Waals surface area contributed by atoms with Crippen LogP contribution < -0.4 is 20.9 Å². The minimum atomic E-state index is -4.14. The molecular formula is C21H15ClN6O7S3. The maximum Gasteiger partial charge on any atom is 0.333 e. The number of rotatable bonds is 4. The van der Waals surface area contributed by atoms with E-state index in [4.69, 9.17) is 11.6 Å². The predicted molar refractivity (Wildman–Crippen MR) is 142 cm³/mol. The Balaban J connectivity index is 1.43. The third-order valence-electron chi connectivity index (χ3n) is 5.23. The van der Waals surface area contributed by atoms with Gasteiger partial charge in [0.2, 0.25) is 5.88 Å². The number of aromatic hydroxyl groups is 1. The number of amidine groups is 1. The molecule has 4 heterocycles. The number of nitrogens with one attached hydrogen (secondary N) is 3. The molecule has 1 aliphatic heterocycles. The summed E-state index contributed by atoms with van der Waals surface area (Å²) in [6.07, 6.45) is 1.14. The lowest BCUT2D eigenvalue weighted by molar-refractivity contribution is 0.256. The predicted octanol–water partition coefficient (Wildman–Crippen LogP) is 2.85. The minimum absolute atomic E-state index is 0.0474. The molecule has 0 atom stereocenters. The van der Waals surface area contributed by atoms with Crippen LogP contribution in [0.1, 0.15) is 6.92 Å². The maximum atomic E-state index is 12.8. The van der Waals surface area contributed by atoms with Crippen LogP contribution >= 0.6 is 22.9 Å². The van der Waals surface area contributed by atoms with Gasteiger partial charge in [0.1, 0.15) is 20.8 Å². The van der Waals surface area contributed by atoms with Gasteiger partial charge in [0, 0.05) is 11.5 Å². The first-order chi connectivity index (χ1) is 17.8. The fraction of sp³-hybridized carbons (Fsp3) is 0.0476. The van der Waals surface area contributed by atoms with Crippen molar-refractivity contribution >= 4 is 77.0 Å². The van der Waals surface area contributed by atoms with Crippen LogP contribution in [0.15, 0.2) is 67.0 Å². The number of thiophene rings is 1. The molecule has 0 spiro atoms. The molecule has 0 saturated carbocycles. The second-order valence-corrected chi connectivity index (χ2v) is 13.1. The van der Waals surface area contributed by atoms with E-state index in [1.54, 1.807) is 0 Å². The highest BCUT2D eigenvalue weighted by molar-refractivity contribution is 7.92. The number of halogens is 1. The van der Waals surface area contributed by atoms with E-state index in [0.29, 0.717) is 0 Å². The summed E-state index contributed by atoms with van der Waals surface area (Å²) in [6.45, 7) is 1.48. The Labute approximate surface area is 223 Å². The van der Waals surface area contributed by atoms with Crippen molar-refractivity contribution in [3.05, 3.63) is 63.4 Å². The van der Waals surface area contributed by atoms with Gasteiger partial charge < -0.3 is 15.7 Å². The molecular weight excluding hydrogens is 580 g/mol. The molecule has 1 aliphatic rings. The highest BCUT2D eigenvalue weighted by Gasteiger charge is 2.26. The third-order valence-corrected chi connectivity index (χ3v) is 9.69. The number of hydrogen-bond acceptors (Lipinski definition) is 10. The normalized spacial score (nSPS) is 14.3. The topological polar surface area (TPSA) is 189 Å². The van der Waals surface area contributed by atoms with Gasteiger partial charge in [-0.2, -0.15) is 8.42 Å². The second-order valence-electron chi connectivity index (χ2n) is 7.88. The van der Waals surface area contributed by atoms with Crippen LogP contribution in [0.4, 0.5) is 16.2 Å². The van der Waals surface area contributed by atoms with Crippen molar-refractivity contribution in [1.29, 1.82) is 0 Å². The van der Waals surface area contributed by atoms with Crippen molar-refractivity contribution in [2.24, 2.45) is 4.40 Å². The first-order valence-corrected chi connectivity index (χ1v) is 14.5. The number of benzene rings is 1. The molecule has 0 unspecified atom stereocenters.